The molecule has 1 N–H and O–H groups in total. The lowest BCUT2D eigenvalue weighted by Gasteiger charge is -1.94. The number of nitrogens with zero attached hydrogens (tertiary/aromatic N) is 1. The summed E-state index contributed by atoms with van der Waals surface area (Å²) in [7, 11) is 0. The molecule has 0 amide bonds. The van der Waals surface area contributed by atoms with Gasteiger partial charge in [-0.15, -0.1) is 0 Å². The van der Waals surface area contributed by atoms with E-state index >= 15 is 0 Å². The molecule has 2 aromatic carbocycles. The number of benzene rings is 2. The Hall–Kier alpha value is -2.35. The Labute approximate surface area is 106 Å². The lowest BCUT2D eigenvalue weighted by Crippen LogP contribution is -1.82. The molecule has 0 atom stereocenters. The van der Waals surface area contributed by atoms with Gasteiger partial charge in [-0.1, -0.05) is 48.5 Å². The van der Waals surface area contributed by atoms with Crippen molar-refractivity contribution in [3.8, 4) is 0 Å². The number of nitrogens with one attached hydrogen (secondary N) is 1. The molecule has 0 aliphatic rings. The zero-order valence-corrected chi connectivity index (χ0v) is 10.0. The molecular weight excluding hydrogens is 220 g/mol. The molecule has 0 bridgehead atoms. The van der Waals surface area contributed by atoms with Gasteiger partial charge in [0, 0.05) is 23.3 Å². The number of hydrogen-bond donors (Lipinski definition) is 1. The van der Waals surface area contributed by atoms with E-state index in [1.54, 1.807) is 0 Å². The first-order chi connectivity index (χ1) is 8.93. The molecule has 2 nitrogen and oxygen atoms in total. The fourth-order valence-corrected chi connectivity index (χ4v) is 2.05. The standard InChI is InChI=1S/C16H14N2/c1-2-6-13(7-3-1)10-17-11-14-12-18-16-9-5-4-8-15(14)16/h1-10,12,18H,11H2. The summed E-state index contributed by atoms with van der Waals surface area (Å²) in [6, 6.07) is 18.5. The summed E-state index contributed by atoms with van der Waals surface area (Å²) in [6.45, 7) is 0.707. The first kappa shape index (κ1) is 10.8. The van der Waals surface area contributed by atoms with Crippen LogP contribution in [0.25, 0.3) is 10.9 Å². The Balaban J connectivity index is 1.79. The highest BCUT2D eigenvalue weighted by atomic mass is 14.7. The largest absolute Gasteiger partial charge is 0.361 e. The monoisotopic (exact) mass is 234 g/mol. The van der Waals surface area contributed by atoms with Crippen molar-refractivity contribution in [2.45, 2.75) is 6.54 Å². The summed E-state index contributed by atoms with van der Waals surface area (Å²) in [4.78, 5) is 7.75. The molecule has 0 radical (unpaired) electrons. The van der Waals surface area contributed by atoms with Crippen LogP contribution in [0.3, 0.4) is 0 Å². The van der Waals surface area contributed by atoms with Crippen LogP contribution >= 0.6 is 0 Å². The van der Waals surface area contributed by atoms with Crippen molar-refractivity contribution in [3.05, 3.63) is 71.9 Å². The first-order valence-corrected chi connectivity index (χ1v) is 6.03. The SMILES string of the molecule is C(=NCc1c[nH]c2ccccc12)c1ccccc1. The van der Waals surface area contributed by atoms with E-state index in [9.17, 15) is 0 Å². The highest BCUT2D eigenvalue weighted by molar-refractivity contribution is 5.84. The number of fused-ring (bicyclic) bond motifs is 1. The molecular formula is C16H14N2. The van der Waals surface area contributed by atoms with Gasteiger partial charge in [0.05, 0.1) is 6.54 Å². The minimum Gasteiger partial charge on any atom is -0.361 e. The molecule has 0 unspecified atom stereocenters. The molecule has 0 aliphatic heterocycles. The van der Waals surface area contributed by atoms with Crippen LogP contribution in [0.2, 0.25) is 0 Å². The number of H-pyrrole nitrogens is 1. The van der Waals surface area contributed by atoms with E-state index in [0.717, 1.165) is 5.56 Å². The van der Waals surface area contributed by atoms with E-state index < -0.39 is 0 Å². The van der Waals surface area contributed by atoms with Gasteiger partial charge >= 0.3 is 0 Å². The lowest BCUT2D eigenvalue weighted by atomic mass is 10.2. The van der Waals surface area contributed by atoms with Gasteiger partial charge in [-0.05, 0) is 17.2 Å². The van der Waals surface area contributed by atoms with Crippen molar-refractivity contribution in [2.75, 3.05) is 0 Å². The van der Waals surface area contributed by atoms with E-state index in [1.807, 2.05) is 36.7 Å². The van der Waals surface area contributed by atoms with Crippen LogP contribution in [0, 0.1) is 0 Å². The van der Waals surface area contributed by atoms with Crippen LogP contribution in [0.1, 0.15) is 11.1 Å². The van der Waals surface area contributed by atoms with E-state index in [-0.39, 0.29) is 0 Å². The average molecular weight is 234 g/mol. The van der Waals surface area contributed by atoms with Crippen LogP contribution in [0.15, 0.2) is 65.8 Å². The minimum absolute atomic E-state index is 0.707. The Morgan fingerprint density at radius 2 is 1.72 bits per heavy atom. The van der Waals surface area contributed by atoms with Crippen molar-refractivity contribution in [1.29, 1.82) is 0 Å². The Morgan fingerprint density at radius 1 is 0.944 bits per heavy atom. The highest BCUT2D eigenvalue weighted by Crippen LogP contribution is 2.18. The fraction of sp³-hybridized carbons (Fsp3) is 0.0625. The summed E-state index contributed by atoms with van der Waals surface area (Å²) >= 11 is 0. The Bertz CT molecular complexity index is 666. The minimum atomic E-state index is 0.707. The van der Waals surface area contributed by atoms with Gasteiger partial charge in [-0.3, -0.25) is 4.99 Å². The van der Waals surface area contributed by atoms with Crippen LogP contribution in [-0.4, -0.2) is 11.2 Å². The van der Waals surface area contributed by atoms with Gasteiger partial charge in [0.1, 0.15) is 0 Å². The van der Waals surface area contributed by atoms with Crippen molar-refractivity contribution in [1.82, 2.24) is 4.98 Å². The third-order valence-corrected chi connectivity index (χ3v) is 2.98. The molecule has 88 valence electrons. The van der Waals surface area contributed by atoms with Gasteiger partial charge in [0.25, 0.3) is 0 Å². The highest BCUT2D eigenvalue weighted by Gasteiger charge is 2.00. The van der Waals surface area contributed by atoms with Crippen molar-refractivity contribution < 1.29 is 0 Å². The third kappa shape index (κ3) is 2.18. The topological polar surface area (TPSA) is 28.1 Å². The number of rotatable bonds is 3. The third-order valence-electron chi connectivity index (χ3n) is 2.98. The van der Waals surface area contributed by atoms with Crippen LogP contribution < -0.4 is 0 Å². The van der Waals surface area contributed by atoms with Gasteiger partial charge in [-0.25, -0.2) is 0 Å². The second-order valence-electron chi connectivity index (χ2n) is 4.24. The average Bonchev–Trinajstić information content (AvgIpc) is 2.84. The Morgan fingerprint density at radius 3 is 2.61 bits per heavy atom. The van der Waals surface area contributed by atoms with E-state index in [2.05, 4.69) is 40.3 Å². The van der Waals surface area contributed by atoms with Crippen molar-refractivity contribution in [3.63, 3.8) is 0 Å². The molecule has 2 heteroatoms. The van der Waals surface area contributed by atoms with Crippen LogP contribution in [0.4, 0.5) is 0 Å². The molecule has 3 aromatic rings. The number of aliphatic imine (C=N–C) groups is 1. The van der Waals surface area contributed by atoms with Gasteiger partial charge < -0.3 is 4.98 Å². The second-order valence-corrected chi connectivity index (χ2v) is 4.24. The second kappa shape index (κ2) is 4.88. The zero-order chi connectivity index (χ0) is 12.2. The smallest absolute Gasteiger partial charge is 0.0660 e. The maximum atomic E-state index is 4.49. The van der Waals surface area contributed by atoms with Crippen LogP contribution in [0.5, 0.6) is 0 Å². The molecule has 0 saturated heterocycles. The fourth-order valence-electron chi connectivity index (χ4n) is 2.05. The summed E-state index contributed by atoms with van der Waals surface area (Å²) in [5.41, 5.74) is 3.54. The molecule has 1 aromatic heterocycles. The van der Waals surface area contributed by atoms with E-state index in [0.29, 0.717) is 6.54 Å². The lowest BCUT2D eigenvalue weighted by molar-refractivity contribution is 1.09. The van der Waals surface area contributed by atoms with Gasteiger partial charge in [0.2, 0.25) is 0 Å². The van der Waals surface area contributed by atoms with Crippen LogP contribution in [-0.2, 0) is 6.54 Å². The molecule has 18 heavy (non-hydrogen) atoms. The molecule has 0 spiro atoms. The predicted octanol–water partition coefficient (Wildman–Crippen LogP) is 3.79. The maximum absolute atomic E-state index is 4.49. The van der Waals surface area contributed by atoms with Gasteiger partial charge in [0.15, 0.2) is 0 Å². The quantitative estimate of drug-likeness (QED) is 0.668. The number of para-hydroxylation sites is 1. The molecule has 0 fully saturated rings. The van der Waals surface area contributed by atoms with Crippen molar-refractivity contribution in [2.24, 2.45) is 4.99 Å². The summed E-state index contributed by atoms with van der Waals surface area (Å²) < 4.78 is 0. The Kier molecular flexibility index (Phi) is 2.92. The number of aromatic nitrogens is 1. The van der Waals surface area contributed by atoms with Gasteiger partial charge in [-0.2, -0.15) is 0 Å². The van der Waals surface area contributed by atoms with E-state index in [1.165, 1.54) is 16.5 Å². The summed E-state index contributed by atoms with van der Waals surface area (Å²) in [5, 5.41) is 1.25. The normalized spacial score (nSPS) is 11.3. The maximum Gasteiger partial charge on any atom is 0.0660 e. The molecule has 0 saturated carbocycles. The molecule has 0 aliphatic carbocycles. The predicted molar refractivity (Wildman–Crippen MR) is 76.0 cm³/mol. The number of hydrogen-bond acceptors (Lipinski definition) is 1. The first-order valence-electron chi connectivity index (χ1n) is 6.03. The molecule has 3 rings (SSSR count). The van der Waals surface area contributed by atoms with E-state index in [4.69, 9.17) is 0 Å². The summed E-state index contributed by atoms with van der Waals surface area (Å²) in [6.07, 6.45) is 3.95. The summed E-state index contributed by atoms with van der Waals surface area (Å²) in [5.74, 6) is 0. The number of aromatic amines is 1. The zero-order valence-electron chi connectivity index (χ0n) is 10.0. The van der Waals surface area contributed by atoms with Crippen molar-refractivity contribution >= 4 is 17.1 Å². The molecule has 1 heterocycles.